The molecule has 74 valence electrons. The van der Waals surface area contributed by atoms with Gasteiger partial charge in [-0.2, -0.15) is 8.78 Å². The molecule has 1 heterocycles. The molecule has 1 aromatic rings. The fourth-order valence-corrected chi connectivity index (χ4v) is 0.961. The van der Waals surface area contributed by atoms with Crippen LogP contribution in [0, 0.1) is 0 Å². The van der Waals surface area contributed by atoms with Crippen LogP contribution in [0.5, 0.6) is 0 Å². The predicted octanol–water partition coefficient (Wildman–Crippen LogP) is 0.326. The summed E-state index contributed by atoms with van der Waals surface area (Å²) in [4.78, 5) is 3.79. The van der Waals surface area contributed by atoms with Crippen LogP contribution in [0.15, 0.2) is 12.4 Å². The Kier molecular flexibility index (Phi) is 3.78. The number of nitrogens with zero attached hydrogens (tertiary/aromatic N) is 2. The Hall–Kier alpha value is -1.01. The highest BCUT2D eigenvalue weighted by molar-refractivity contribution is 4.92. The average molecular weight is 190 g/mol. The summed E-state index contributed by atoms with van der Waals surface area (Å²) in [5.41, 5.74) is 5.23. The molecule has 0 aliphatic carbocycles. The fourth-order valence-electron chi connectivity index (χ4n) is 0.961. The van der Waals surface area contributed by atoms with Crippen LogP contribution in [0.2, 0.25) is 0 Å². The van der Waals surface area contributed by atoms with Crippen molar-refractivity contribution in [3.05, 3.63) is 18.2 Å². The fraction of sp³-hybridized carbons (Fsp3) is 0.571. The van der Waals surface area contributed by atoms with E-state index in [0.717, 1.165) is 4.57 Å². The Morgan fingerprint density at radius 2 is 2.38 bits per heavy atom. The van der Waals surface area contributed by atoms with Crippen LogP contribution in [-0.4, -0.2) is 22.6 Å². The summed E-state index contributed by atoms with van der Waals surface area (Å²) in [6, 6.07) is 0. The summed E-state index contributed by atoms with van der Waals surface area (Å²) < 4.78 is 25.3. The number of nitrogens with one attached hydrogen (secondary N) is 1. The average Bonchev–Trinajstić information content (AvgIpc) is 2.53. The van der Waals surface area contributed by atoms with Crippen LogP contribution in [0.25, 0.3) is 0 Å². The van der Waals surface area contributed by atoms with Gasteiger partial charge in [0.25, 0.3) is 0 Å². The molecule has 0 aromatic carbocycles. The van der Waals surface area contributed by atoms with Gasteiger partial charge in [-0.3, -0.25) is 4.57 Å². The second kappa shape index (κ2) is 4.88. The summed E-state index contributed by atoms with van der Waals surface area (Å²) in [5.74, 6) is 0.323. The van der Waals surface area contributed by atoms with E-state index in [-0.39, 0.29) is 0 Å². The third kappa shape index (κ3) is 2.74. The van der Waals surface area contributed by atoms with Gasteiger partial charge < -0.3 is 11.1 Å². The maximum absolute atomic E-state index is 12.2. The standard InChI is InChI=1S/C7H12F2N4/c8-7(9)13-4-3-12-6(13)5-11-2-1-10/h3-4,7,11H,1-2,5,10H2. The molecule has 0 unspecified atom stereocenters. The van der Waals surface area contributed by atoms with Crippen LogP contribution in [0.4, 0.5) is 8.78 Å². The highest BCUT2D eigenvalue weighted by Gasteiger charge is 2.09. The van der Waals surface area contributed by atoms with Gasteiger partial charge in [-0.25, -0.2) is 4.98 Å². The minimum absolute atomic E-state index is 0.314. The molecule has 1 rings (SSSR count). The van der Waals surface area contributed by atoms with E-state index < -0.39 is 6.55 Å². The largest absolute Gasteiger partial charge is 0.329 e. The van der Waals surface area contributed by atoms with Crippen LogP contribution < -0.4 is 11.1 Å². The van der Waals surface area contributed by atoms with Crippen molar-refractivity contribution in [3.8, 4) is 0 Å². The van der Waals surface area contributed by atoms with Gasteiger partial charge in [-0.05, 0) is 0 Å². The van der Waals surface area contributed by atoms with Gasteiger partial charge in [0.15, 0.2) is 0 Å². The van der Waals surface area contributed by atoms with Gasteiger partial charge in [-0.1, -0.05) is 0 Å². The van der Waals surface area contributed by atoms with Gasteiger partial charge in [0.2, 0.25) is 0 Å². The lowest BCUT2D eigenvalue weighted by Gasteiger charge is -2.06. The van der Waals surface area contributed by atoms with Crippen molar-refractivity contribution in [3.63, 3.8) is 0 Å². The molecule has 0 radical (unpaired) electrons. The minimum Gasteiger partial charge on any atom is -0.329 e. The molecule has 0 aliphatic heterocycles. The van der Waals surface area contributed by atoms with E-state index >= 15 is 0 Å². The van der Waals surface area contributed by atoms with Gasteiger partial charge in [0, 0.05) is 25.5 Å². The number of nitrogens with two attached hydrogens (primary N) is 1. The van der Waals surface area contributed by atoms with Crippen molar-refractivity contribution in [1.82, 2.24) is 14.9 Å². The van der Waals surface area contributed by atoms with E-state index in [2.05, 4.69) is 10.3 Å². The van der Waals surface area contributed by atoms with Gasteiger partial charge >= 0.3 is 6.55 Å². The van der Waals surface area contributed by atoms with E-state index in [1.165, 1.54) is 12.4 Å². The molecule has 0 aliphatic rings. The summed E-state index contributed by atoms with van der Waals surface area (Å²) in [6.45, 7) is -1.14. The highest BCUT2D eigenvalue weighted by atomic mass is 19.3. The SMILES string of the molecule is NCCNCc1nccn1C(F)F. The number of halogens is 2. The highest BCUT2D eigenvalue weighted by Crippen LogP contribution is 2.11. The number of hydrogen-bond donors (Lipinski definition) is 2. The number of hydrogen-bond acceptors (Lipinski definition) is 3. The Bertz CT molecular complexity index is 248. The van der Waals surface area contributed by atoms with Crippen molar-refractivity contribution in [2.75, 3.05) is 13.1 Å². The molecule has 0 atom stereocenters. The maximum Gasteiger partial charge on any atom is 0.319 e. The quantitative estimate of drug-likeness (QED) is 0.658. The molecule has 0 amide bonds. The topological polar surface area (TPSA) is 55.9 Å². The molecule has 4 nitrogen and oxygen atoms in total. The molecule has 0 saturated heterocycles. The number of aromatic nitrogens is 2. The van der Waals surface area contributed by atoms with E-state index in [1.54, 1.807) is 0 Å². The molecule has 0 bridgehead atoms. The molecular formula is C7H12F2N4. The molecule has 6 heteroatoms. The van der Waals surface area contributed by atoms with Gasteiger partial charge in [-0.15, -0.1) is 0 Å². The summed E-state index contributed by atoms with van der Waals surface area (Å²) >= 11 is 0. The molecule has 1 aromatic heterocycles. The molecule has 0 fully saturated rings. The van der Waals surface area contributed by atoms with Crippen molar-refractivity contribution >= 4 is 0 Å². The van der Waals surface area contributed by atoms with Crippen molar-refractivity contribution < 1.29 is 8.78 Å². The molecular weight excluding hydrogens is 178 g/mol. The van der Waals surface area contributed by atoms with Crippen molar-refractivity contribution in [1.29, 1.82) is 0 Å². The van der Waals surface area contributed by atoms with E-state index in [4.69, 9.17) is 5.73 Å². The van der Waals surface area contributed by atoms with E-state index in [0.29, 0.717) is 25.5 Å². The second-order valence-corrected chi connectivity index (χ2v) is 2.49. The first kappa shape index (κ1) is 10.1. The lowest BCUT2D eigenvalue weighted by atomic mass is 10.5. The summed E-state index contributed by atoms with van der Waals surface area (Å²) in [7, 11) is 0. The normalized spacial score (nSPS) is 11.1. The zero-order valence-corrected chi connectivity index (χ0v) is 7.08. The Balaban J connectivity index is 2.50. The van der Waals surface area contributed by atoms with Crippen LogP contribution in [-0.2, 0) is 6.54 Å². The lowest BCUT2D eigenvalue weighted by molar-refractivity contribution is 0.0666. The third-order valence-electron chi connectivity index (χ3n) is 1.56. The van der Waals surface area contributed by atoms with Crippen LogP contribution >= 0.6 is 0 Å². The van der Waals surface area contributed by atoms with Gasteiger partial charge in [0.1, 0.15) is 5.82 Å². The Morgan fingerprint density at radius 1 is 1.62 bits per heavy atom. The lowest BCUT2D eigenvalue weighted by Crippen LogP contribution is -2.23. The second-order valence-electron chi connectivity index (χ2n) is 2.49. The number of rotatable bonds is 5. The molecule has 13 heavy (non-hydrogen) atoms. The Morgan fingerprint density at radius 3 is 3.00 bits per heavy atom. The Labute approximate surface area is 74.8 Å². The van der Waals surface area contributed by atoms with Crippen molar-refractivity contribution in [2.45, 2.75) is 13.1 Å². The molecule has 3 N–H and O–H groups in total. The number of imidazole rings is 1. The van der Waals surface area contributed by atoms with Crippen LogP contribution in [0.3, 0.4) is 0 Å². The minimum atomic E-state index is -2.53. The number of alkyl halides is 2. The first-order chi connectivity index (χ1) is 6.25. The van der Waals surface area contributed by atoms with E-state index in [9.17, 15) is 8.78 Å². The summed E-state index contributed by atoms with van der Waals surface area (Å²) in [5, 5.41) is 2.89. The predicted molar refractivity (Wildman–Crippen MR) is 44.2 cm³/mol. The smallest absolute Gasteiger partial charge is 0.319 e. The first-order valence-corrected chi connectivity index (χ1v) is 3.96. The molecule has 0 saturated carbocycles. The zero-order valence-electron chi connectivity index (χ0n) is 7.08. The monoisotopic (exact) mass is 190 g/mol. The first-order valence-electron chi connectivity index (χ1n) is 3.96. The molecule has 0 spiro atoms. The summed E-state index contributed by atoms with van der Waals surface area (Å²) in [6.07, 6.45) is 2.61. The van der Waals surface area contributed by atoms with Gasteiger partial charge in [0.05, 0.1) is 6.54 Å². The maximum atomic E-state index is 12.2. The van der Waals surface area contributed by atoms with Crippen molar-refractivity contribution in [2.24, 2.45) is 5.73 Å². The van der Waals surface area contributed by atoms with E-state index in [1.807, 2.05) is 0 Å². The van der Waals surface area contributed by atoms with Crippen LogP contribution in [0.1, 0.15) is 12.4 Å². The third-order valence-corrected chi connectivity index (χ3v) is 1.56. The zero-order chi connectivity index (χ0) is 9.68.